The molecule has 28 heavy (non-hydrogen) atoms. The van der Waals surface area contributed by atoms with Crippen molar-refractivity contribution in [2.24, 2.45) is 0 Å². The summed E-state index contributed by atoms with van der Waals surface area (Å²) < 4.78 is 1.96. The second-order valence-corrected chi connectivity index (χ2v) is 7.63. The quantitative estimate of drug-likeness (QED) is 0.698. The lowest BCUT2D eigenvalue weighted by Crippen LogP contribution is -2.44. The van der Waals surface area contributed by atoms with Crippen molar-refractivity contribution in [1.82, 2.24) is 24.7 Å². The number of imidazole rings is 1. The fourth-order valence-corrected chi connectivity index (χ4v) is 3.64. The Balaban J connectivity index is 1.36. The highest BCUT2D eigenvalue weighted by molar-refractivity contribution is 5.79. The van der Waals surface area contributed by atoms with Gasteiger partial charge in [-0.25, -0.2) is 9.97 Å². The van der Waals surface area contributed by atoms with E-state index in [4.69, 9.17) is 0 Å². The van der Waals surface area contributed by atoms with Gasteiger partial charge in [0.1, 0.15) is 5.65 Å². The summed E-state index contributed by atoms with van der Waals surface area (Å²) in [7, 11) is 3.68. The Kier molecular flexibility index (Phi) is 4.62. The Hall–Kier alpha value is -3.16. The number of amides is 1. The van der Waals surface area contributed by atoms with Crippen molar-refractivity contribution in [2.45, 2.75) is 38.1 Å². The zero-order valence-corrected chi connectivity index (χ0v) is 16.3. The molecule has 146 valence electrons. The van der Waals surface area contributed by atoms with Crippen molar-refractivity contribution >= 4 is 17.5 Å². The minimum Gasteiger partial charge on any atom is -0.353 e. The summed E-state index contributed by atoms with van der Waals surface area (Å²) in [6.07, 6.45) is 5.56. The van der Waals surface area contributed by atoms with E-state index in [1.165, 1.54) is 0 Å². The highest BCUT2D eigenvalue weighted by atomic mass is 16.1. The molecule has 1 saturated carbocycles. The van der Waals surface area contributed by atoms with Gasteiger partial charge in [-0.05, 0) is 31.4 Å². The number of nitrogens with one attached hydrogen (secondary N) is 2. The van der Waals surface area contributed by atoms with Gasteiger partial charge in [-0.15, -0.1) is 0 Å². The zero-order chi connectivity index (χ0) is 19.8. The van der Waals surface area contributed by atoms with Crippen LogP contribution in [-0.4, -0.2) is 45.4 Å². The molecule has 0 saturated heterocycles. The second-order valence-electron chi connectivity index (χ2n) is 7.63. The molecule has 0 spiro atoms. The number of aromatic nitrogens is 4. The van der Waals surface area contributed by atoms with Gasteiger partial charge in [0.05, 0.1) is 17.8 Å². The Morgan fingerprint density at radius 1 is 1.39 bits per heavy atom. The Bertz CT molecular complexity index is 1080. The van der Waals surface area contributed by atoms with E-state index in [1.54, 1.807) is 17.2 Å². The van der Waals surface area contributed by atoms with Crippen LogP contribution in [0, 0.1) is 6.92 Å². The predicted molar refractivity (Wildman–Crippen MR) is 107 cm³/mol. The molecule has 0 aromatic carbocycles. The van der Waals surface area contributed by atoms with Crippen molar-refractivity contribution in [3.05, 3.63) is 57.9 Å². The summed E-state index contributed by atoms with van der Waals surface area (Å²) in [4.78, 5) is 37.7. The lowest BCUT2D eigenvalue weighted by Gasteiger charge is -2.35. The van der Waals surface area contributed by atoms with Crippen LogP contribution >= 0.6 is 0 Å². The summed E-state index contributed by atoms with van der Waals surface area (Å²) >= 11 is 0. The van der Waals surface area contributed by atoms with E-state index in [-0.39, 0.29) is 23.4 Å². The number of rotatable bonds is 5. The number of hydrogen-bond donors (Lipinski definition) is 2. The summed E-state index contributed by atoms with van der Waals surface area (Å²) in [6, 6.07) is 5.63. The van der Waals surface area contributed by atoms with Crippen LogP contribution in [0.3, 0.4) is 0 Å². The SMILES string of the molecule is Cc1cccn2c(CC(=O)NC3CC(c4cc(=O)[nH]c(N(C)C)n4)C3)cnc12. The first kappa shape index (κ1) is 18.2. The third-order valence-electron chi connectivity index (χ3n) is 5.24. The summed E-state index contributed by atoms with van der Waals surface area (Å²) in [5.41, 5.74) is 3.47. The minimum absolute atomic E-state index is 0.0143. The average molecular weight is 380 g/mol. The lowest BCUT2D eigenvalue weighted by molar-refractivity contribution is -0.121. The maximum atomic E-state index is 12.5. The van der Waals surface area contributed by atoms with Gasteiger partial charge in [0, 0.05) is 44.5 Å². The van der Waals surface area contributed by atoms with Crippen molar-refractivity contribution in [1.29, 1.82) is 0 Å². The van der Waals surface area contributed by atoms with Gasteiger partial charge >= 0.3 is 0 Å². The summed E-state index contributed by atoms with van der Waals surface area (Å²) in [6.45, 7) is 2.01. The fourth-order valence-electron chi connectivity index (χ4n) is 3.64. The number of aryl methyl sites for hydroxylation is 1. The van der Waals surface area contributed by atoms with Crippen LogP contribution in [0.25, 0.3) is 5.65 Å². The number of aromatic amines is 1. The molecule has 8 heteroatoms. The first-order valence-corrected chi connectivity index (χ1v) is 9.40. The fraction of sp³-hybridized carbons (Fsp3) is 0.400. The molecule has 3 aromatic heterocycles. The van der Waals surface area contributed by atoms with Gasteiger partial charge in [0.2, 0.25) is 11.9 Å². The molecule has 2 N–H and O–H groups in total. The van der Waals surface area contributed by atoms with E-state index < -0.39 is 0 Å². The van der Waals surface area contributed by atoms with Crippen molar-refractivity contribution in [3.63, 3.8) is 0 Å². The van der Waals surface area contributed by atoms with Crippen molar-refractivity contribution < 1.29 is 4.79 Å². The predicted octanol–water partition coefficient (Wildman–Crippen LogP) is 1.40. The molecule has 0 radical (unpaired) electrons. The number of pyridine rings is 1. The monoisotopic (exact) mass is 380 g/mol. The third kappa shape index (κ3) is 3.49. The van der Waals surface area contributed by atoms with Crippen LogP contribution in [0.4, 0.5) is 5.95 Å². The van der Waals surface area contributed by atoms with Gasteiger partial charge in [0.15, 0.2) is 0 Å². The molecule has 1 amide bonds. The number of H-pyrrole nitrogens is 1. The van der Waals surface area contributed by atoms with Crippen molar-refractivity contribution in [3.8, 4) is 0 Å². The standard InChI is InChI=1S/C20H24N6O2/c1-12-5-4-6-26-15(11-21-19(12)26)9-17(27)22-14-7-13(8-14)16-10-18(28)24-20(23-16)25(2)3/h4-6,10-11,13-14H,7-9H2,1-3H3,(H,22,27)(H,23,24,28). The lowest BCUT2D eigenvalue weighted by atomic mass is 9.78. The van der Waals surface area contributed by atoms with Crippen molar-refractivity contribution in [2.75, 3.05) is 19.0 Å². The molecule has 0 aliphatic heterocycles. The smallest absolute Gasteiger partial charge is 0.252 e. The maximum absolute atomic E-state index is 12.5. The van der Waals surface area contributed by atoms with Gasteiger partial charge in [-0.1, -0.05) is 6.07 Å². The van der Waals surface area contributed by atoms with E-state index in [1.807, 2.05) is 43.7 Å². The van der Waals surface area contributed by atoms with Crippen LogP contribution in [0.1, 0.15) is 35.7 Å². The van der Waals surface area contributed by atoms with Gasteiger partial charge in [0.25, 0.3) is 5.56 Å². The molecular weight excluding hydrogens is 356 g/mol. The number of carbonyl (C=O) groups excluding carboxylic acids is 1. The third-order valence-corrected chi connectivity index (χ3v) is 5.24. The van der Waals surface area contributed by atoms with Crippen LogP contribution in [0.5, 0.6) is 0 Å². The van der Waals surface area contributed by atoms with E-state index in [2.05, 4.69) is 20.3 Å². The number of hydrogen-bond acceptors (Lipinski definition) is 5. The molecule has 3 heterocycles. The van der Waals surface area contributed by atoms with Gasteiger partial charge in [-0.2, -0.15) is 0 Å². The molecule has 3 aromatic rings. The van der Waals surface area contributed by atoms with Crippen LogP contribution in [0.15, 0.2) is 35.4 Å². The van der Waals surface area contributed by atoms with Gasteiger partial charge in [-0.3, -0.25) is 14.6 Å². The normalized spacial score (nSPS) is 18.7. The van der Waals surface area contributed by atoms with Crippen LogP contribution in [-0.2, 0) is 11.2 Å². The highest BCUT2D eigenvalue weighted by Crippen LogP contribution is 2.35. The number of anilines is 1. The zero-order valence-electron chi connectivity index (χ0n) is 16.3. The molecule has 1 aliphatic carbocycles. The second kappa shape index (κ2) is 7.10. The molecule has 0 bridgehead atoms. The van der Waals surface area contributed by atoms with Crippen LogP contribution in [0.2, 0.25) is 0 Å². The molecule has 1 fully saturated rings. The molecular formula is C20H24N6O2. The molecule has 0 atom stereocenters. The largest absolute Gasteiger partial charge is 0.353 e. The van der Waals surface area contributed by atoms with Gasteiger partial charge < -0.3 is 14.6 Å². The summed E-state index contributed by atoms with van der Waals surface area (Å²) in [5.74, 6) is 0.738. The molecule has 4 rings (SSSR count). The first-order valence-electron chi connectivity index (χ1n) is 9.40. The topological polar surface area (TPSA) is 95.4 Å². The number of nitrogens with zero attached hydrogens (tertiary/aromatic N) is 4. The first-order chi connectivity index (χ1) is 13.4. The van der Waals surface area contributed by atoms with E-state index in [0.29, 0.717) is 12.4 Å². The molecule has 8 nitrogen and oxygen atoms in total. The Labute approximate surface area is 162 Å². The minimum atomic E-state index is -0.149. The Morgan fingerprint density at radius 2 is 2.18 bits per heavy atom. The maximum Gasteiger partial charge on any atom is 0.252 e. The number of carbonyl (C=O) groups is 1. The number of fused-ring (bicyclic) bond motifs is 1. The molecule has 1 aliphatic rings. The average Bonchev–Trinajstić information content (AvgIpc) is 3.01. The van der Waals surface area contributed by atoms with Crippen LogP contribution < -0.4 is 15.8 Å². The Morgan fingerprint density at radius 3 is 2.93 bits per heavy atom. The van der Waals surface area contributed by atoms with E-state index >= 15 is 0 Å². The highest BCUT2D eigenvalue weighted by Gasteiger charge is 2.33. The summed E-state index contributed by atoms with van der Waals surface area (Å²) in [5, 5.41) is 3.08. The van der Waals surface area contributed by atoms with E-state index in [9.17, 15) is 9.59 Å². The van der Waals surface area contributed by atoms with E-state index in [0.717, 1.165) is 35.4 Å². The molecule has 0 unspecified atom stereocenters.